The lowest BCUT2D eigenvalue weighted by atomic mass is 9.87. The molecule has 0 atom stereocenters. The predicted molar refractivity (Wildman–Crippen MR) is 359 cm³/mol. The molecule has 0 saturated carbocycles. The molecule has 0 amide bonds. The van der Waals surface area contributed by atoms with Gasteiger partial charge in [0.1, 0.15) is 46.0 Å². The second-order valence-corrected chi connectivity index (χ2v) is 23.9. The molecule has 462 valence electrons. The second kappa shape index (κ2) is 31.4. The molecule has 16 bridgehead atoms. The standard InChI is InChI=1S/C80H94O8/c1-9-35-81-73-55-23-17-24-56(73)44-60-28-20-32-64(76(60)84-38-12-4)48-70-52-67(51-69(79(70)87-41-15-7)47-63-31-19-27-59(43-55)75(63)83-37-11-3)68-53-71-49-65-33-21-29-61(77(65)85-39-13-5)45-57-25-18-26-58(74(57)82-36-10-2)46-62-30-22-34-66(78(62)86-40-14-6)50-72(54-68)80(71)88-42-16-8/h17-34,51-54H,9-16,35-50H2,1-8H3. The van der Waals surface area contributed by atoms with E-state index in [1.54, 1.807) is 0 Å². The van der Waals surface area contributed by atoms with E-state index in [0.29, 0.717) is 104 Å². The van der Waals surface area contributed by atoms with Crippen molar-refractivity contribution in [3.05, 3.63) is 222 Å². The van der Waals surface area contributed by atoms with Gasteiger partial charge in [-0.1, -0.05) is 165 Å². The van der Waals surface area contributed by atoms with Crippen LogP contribution in [0.2, 0.25) is 0 Å². The Morgan fingerprint density at radius 2 is 0.318 bits per heavy atom. The highest BCUT2D eigenvalue weighted by Gasteiger charge is 2.27. The summed E-state index contributed by atoms with van der Waals surface area (Å²) in [5, 5.41) is 0. The third-order valence-corrected chi connectivity index (χ3v) is 16.5. The van der Waals surface area contributed by atoms with Gasteiger partial charge in [-0.3, -0.25) is 0 Å². The summed E-state index contributed by atoms with van der Waals surface area (Å²) >= 11 is 0. The van der Waals surface area contributed by atoms with E-state index in [-0.39, 0.29) is 0 Å². The summed E-state index contributed by atoms with van der Waals surface area (Å²) in [4.78, 5) is 0. The molecule has 0 unspecified atom stereocenters. The van der Waals surface area contributed by atoms with Crippen LogP contribution in [0.25, 0.3) is 11.1 Å². The number of fused-ring (bicyclic) bond motifs is 16. The zero-order valence-corrected chi connectivity index (χ0v) is 53.9. The number of hydrogen-bond donors (Lipinski definition) is 0. The Bertz CT molecular complexity index is 3170. The van der Waals surface area contributed by atoms with Crippen molar-refractivity contribution in [3.8, 4) is 57.1 Å². The van der Waals surface area contributed by atoms with Gasteiger partial charge in [-0.25, -0.2) is 0 Å². The van der Waals surface area contributed by atoms with Crippen molar-refractivity contribution in [2.45, 2.75) is 158 Å². The van der Waals surface area contributed by atoms with E-state index in [9.17, 15) is 0 Å². The quantitative estimate of drug-likeness (QED) is 0.0560. The molecule has 0 fully saturated rings. The molecule has 0 N–H and O–H groups in total. The predicted octanol–water partition coefficient (Wildman–Crippen LogP) is 19.0. The smallest absolute Gasteiger partial charge is 0.126 e. The van der Waals surface area contributed by atoms with Gasteiger partial charge in [-0.2, -0.15) is 0 Å². The molecule has 0 aliphatic heterocycles. The van der Waals surface area contributed by atoms with E-state index in [1.165, 1.54) is 0 Å². The Kier molecular flexibility index (Phi) is 22.5. The SMILES string of the molecule is CCCOc1c2cccc1Cc1cccc(c1OCCC)Cc1cc(-c3cc4c(OCCC)c(c3)Cc3cccc(c3OCCC)Cc3cccc(c3OCCC)Cc3cccc(c3OCCC)C4)cc(c1OCCC)Cc1cccc(c1OCCC)C2. The maximum absolute atomic E-state index is 7.13. The lowest BCUT2D eigenvalue weighted by Crippen LogP contribution is -2.11. The first-order valence-electron chi connectivity index (χ1n) is 33.3. The topological polar surface area (TPSA) is 73.8 Å². The molecule has 8 nitrogen and oxygen atoms in total. The molecule has 2 aliphatic rings. The van der Waals surface area contributed by atoms with Crippen LogP contribution in [0.1, 0.15) is 196 Å². The maximum atomic E-state index is 7.13. The fraction of sp³-hybridized carbons (Fsp3) is 0.400. The van der Waals surface area contributed by atoms with Crippen LogP contribution in [0, 0.1) is 0 Å². The van der Waals surface area contributed by atoms with E-state index >= 15 is 0 Å². The van der Waals surface area contributed by atoms with E-state index in [0.717, 1.165) is 198 Å². The Morgan fingerprint density at radius 1 is 0.193 bits per heavy atom. The third-order valence-electron chi connectivity index (χ3n) is 16.5. The summed E-state index contributed by atoms with van der Waals surface area (Å²) in [6, 6.07) is 49.7. The van der Waals surface area contributed by atoms with Crippen LogP contribution in [0.4, 0.5) is 0 Å². The molecule has 0 spiro atoms. The first kappa shape index (κ1) is 63.2. The van der Waals surface area contributed by atoms with Crippen molar-refractivity contribution in [1.82, 2.24) is 0 Å². The summed E-state index contributed by atoms with van der Waals surface area (Å²) in [6.07, 6.45) is 12.1. The molecular formula is C80H94O8. The van der Waals surface area contributed by atoms with Crippen LogP contribution < -0.4 is 37.9 Å². The zero-order chi connectivity index (χ0) is 61.2. The van der Waals surface area contributed by atoms with Crippen molar-refractivity contribution in [1.29, 1.82) is 0 Å². The lowest BCUT2D eigenvalue weighted by Gasteiger charge is -2.24. The Morgan fingerprint density at radius 3 is 0.455 bits per heavy atom. The number of ether oxygens (including phenoxy) is 8. The van der Waals surface area contributed by atoms with Gasteiger partial charge in [0.15, 0.2) is 0 Å². The van der Waals surface area contributed by atoms with Crippen molar-refractivity contribution in [2.24, 2.45) is 0 Å². The molecule has 0 radical (unpaired) electrons. The van der Waals surface area contributed by atoms with Gasteiger partial charge < -0.3 is 37.9 Å². The number of hydrogen-bond acceptors (Lipinski definition) is 8. The van der Waals surface area contributed by atoms with Gasteiger partial charge >= 0.3 is 0 Å². The average Bonchev–Trinajstić information content (AvgIpc) is 1.64. The van der Waals surface area contributed by atoms with Gasteiger partial charge in [0, 0.05) is 51.4 Å². The van der Waals surface area contributed by atoms with Gasteiger partial charge in [-0.05, 0) is 176 Å². The van der Waals surface area contributed by atoms with Crippen LogP contribution in [0.3, 0.4) is 0 Å². The molecule has 2 aliphatic carbocycles. The third kappa shape index (κ3) is 15.0. The van der Waals surface area contributed by atoms with Crippen molar-refractivity contribution in [2.75, 3.05) is 52.9 Å². The maximum Gasteiger partial charge on any atom is 0.126 e. The van der Waals surface area contributed by atoms with E-state index < -0.39 is 0 Å². The van der Waals surface area contributed by atoms with Crippen molar-refractivity contribution in [3.63, 3.8) is 0 Å². The van der Waals surface area contributed by atoms with E-state index in [2.05, 4.69) is 189 Å². The molecule has 0 heterocycles. The molecule has 0 saturated heterocycles. The number of benzene rings is 8. The van der Waals surface area contributed by atoms with Crippen molar-refractivity contribution >= 4 is 0 Å². The van der Waals surface area contributed by atoms with Gasteiger partial charge in [0.05, 0.1) is 52.9 Å². The van der Waals surface area contributed by atoms with E-state index in [1.807, 2.05) is 0 Å². The first-order valence-corrected chi connectivity index (χ1v) is 33.3. The largest absolute Gasteiger partial charge is 0.493 e. The van der Waals surface area contributed by atoms with Gasteiger partial charge in [0.2, 0.25) is 0 Å². The summed E-state index contributed by atoms with van der Waals surface area (Å²) in [6.45, 7) is 22.3. The molecule has 10 rings (SSSR count). The Labute approximate surface area is 525 Å². The Balaban J connectivity index is 1.25. The highest BCUT2D eigenvalue weighted by molar-refractivity contribution is 5.73. The minimum absolute atomic E-state index is 0.575. The molecule has 8 aromatic carbocycles. The van der Waals surface area contributed by atoms with Gasteiger partial charge in [0.25, 0.3) is 0 Å². The minimum atomic E-state index is 0.575. The highest BCUT2D eigenvalue weighted by Crippen LogP contribution is 2.45. The van der Waals surface area contributed by atoms with Crippen LogP contribution in [-0.4, -0.2) is 52.9 Å². The first-order chi connectivity index (χ1) is 43.3. The van der Waals surface area contributed by atoms with Crippen LogP contribution in [-0.2, 0) is 51.4 Å². The second-order valence-electron chi connectivity index (χ2n) is 23.9. The van der Waals surface area contributed by atoms with E-state index in [4.69, 9.17) is 37.9 Å². The molecule has 0 aromatic heterocycles. The normalized spacial score (nSPS) is 12.7. The van der Waals surface area contributed by atoms with Crippen LogP contribution in [0.5, 0.6) is 46.0 Å². The average molecular weight is 1180 g/mol. The monoisotopic (exact) mass is 1180 g/mol. The zero-order valence-electron chi connectivity index (χ0n) is 53.9. The summed E-state index contributed by atoms with van der Waals surface area (Å²) in [5.41, 5.74) is 20.2. The molecule has 88 heavy (non-hydrogen) atoms. The molecule has 8 heteroatoms. The minimum Gasteiger partial charge on any atom is -0.493 e. The Hall–Kier alpha value is -7.84. The fourth-order valence-electron chi connectivity index (χ4n) is 12.6. The summed E-state index contributed by atoms with van der Waals surface area (Å²) in [7, 11) is 0. The van der Waals surface area contributed by atoms with Crippen LogP contribution >= 0.6 is 0 Å². The summed E-state index contributed by atoms with van der Waals surface area (Å²) < 4.78 is 55.6. The van der Waals surface area contributed by atoms with Crippen LogP contribution in [0.15, 0.2) is 133 Å². The molecule has 8 aromatic rings. The summed E-state index contributed by atoms with van der Waals surface area (Å²) in [5.74, 6) is 7.47. The highest BCUT2D eigenvalue weighted by atomic mass is 16.5. The molecular weight excluding hydrogens is 1090 g/mol. The lowest BCUT2D eigenvalue weighted by molar-refractivity contribution is 0.304. The fourth-order valence-corrected chi connectivity index (χ4v) is 12.6. The van der Waals surface area contributed by atoms with Crippen molar-refractivity contribution < 1.29 is 37.9 Å². The van der Waals surface area contributed by atoms with Gasteiger partial charge in [-0.15, -0.1) is 0 Å². The number of rotatable bonds is 25. The number of para-hydroxylation sites is 6.